The van der Waals surface area contributed by atoms with Crippen LogP contribution in [0.15, 0.2) is 162 Å². The highest BCUT2D eigenvalue weighted by Gasteiger charge is 2.25. The minimum absolute atomic E-state index is 0.864. The average Bonchev–Trinajstić information content (AvgIpc) is 3.71. The molecule has 0 aliphatic heterocycles. The lowest BCUT2D eigenvalue weighted by molar-refractivity contribution is -0.698. The first kappa shape index (κ1) is 25.6. The standard InChI is InChI=1S/C44H26N3O/c1-4-13-30-27(10-1)21-24-37-41(30)42-31-14-5-2-11-28(31)22-25-38(42)47(37)46-26-45-43(33-16-7-8-18-36(33)46)34-17-9-19-39-40(34)35-23-20-29-12-3-6-15-32(29)44(35)48-39/h1-26H/q+1. The molecule has 4 heteroatoms. The molecule has 11 aromatic rings. The Morgan fingerprint density at radius 3 is 1.75 bits per heavy atom. The lowest BCUT2D eigenvalue weighted by atomic mass is 9.99. The summed E-state index contributed by atoms with van der Waals surface area (Å²) in [4.78, 5) is 5.27. The summed E-state index contributed by atoms with van der Waals surface area (Å²) in [6.45, 7) is 0. The minimum atomic E-state index is 0.864. The Morgan fingerprint density at radius 1 is 0.458 bits per heavy atom. The molecule has 4 nitrogen and oxygen atoms in total. The second-order valence-electron chi connectivity index (χ2n) is 12.6. The third-order valence-corrected chi connectivity index (χ3v) is 10.1. The monoisotopic (exact) mass is 612 g/mol. The number of furan rings is 1. The van der Waals surface area contributed by atoms with E-state index in [0.717, 1.165) is 60.5 Å². The zero-order valence-electron chi connectivity index (χ0n) is 25.8. The van der Waals surface area contributed by atoms with Crippen LogP contribution in [0.25, 0.3) is 98.2 Å². The van der Waals surface area contributed by atoms with Crippen LogP contribution >= 0.6 is 0 Å². The number of benzene rings is 8. The molecule has 11 rings (SSSR count). The van der Waals surface area contributed by atoms with Crippen LogP contribution in [0.2, 0.25) is 0 Å². The number of hydrogen-bond acceptors (Lipinski definition) is 2. The van der Waals surface area contributed by atoms with Gasteiger partial charge < -0.3 is 4.42 Å². The average molecular weight is 613 g/mol. The predicted molar refractivity (Wildman–Crippen MR) is 197 cm³/mol. The van der Waals surface area contributed by atoms with Crippen LogP contribution in [0.5, 0.6) is 0 Å². The van der Waals surface area contributed by atoms with Gasteiger partial charge in [0.05, 0.1) is 16.4 Å². The summed E-state index contributed by atoms with van der Waals surface area (Å²) in [5.74, 6) is 0. The van der Waals surface area contributed by atoms with Crippen LogP contribution in [-0.4, -0.2) is 9.66 Å². The molecule has 0 amide bonds. The third kappa shape index (κ3) is 3.38. The van der Waals surface area contributed by atoms with Crippen LogP contribution in [0.1, 0.15) is 0 Å². The smallest absolute Gasteiger partial charge is 0.311 e. The molecule has 8 aromatic carbocycles. The van der Waals surface area contributed by atoms with Gasteiger partial charge in [-0.1, -0.05) is 109 Å². The summed E-state index contributed by atoms with van der Waals surface area (Å²) in [6, 6.07) is 54.0. The number of para-hydroxylation sites is 1. The van der Waals surface area contributed by atoms with Crippen molar-refractivity contribution in [1.82, 2.24) is 9.66 Å². The third-order valence-electron chi connectivity index (χ3n) is 10.1. The van der Waals surface area contributed by atoms with Crippen LogP contribution in [0.4, 0.5) is 0 Å². The van der Waals surface area contributed by atoms with Crippen LogP contribution < -0.4 is 4.68 Å². The lowest BCUT2D eigenvalue weighted by Crippen LogP contribution is -2.42. The quantitative estimate of drug-likeness (QED) is 0.182. The normalized spacial score (nSPS) is 12.2. The van der Waals surface area contributed by atoms with Gasteiger partial charge in [-0.15, -0.1) is 4.68 Å². The minimum Gasteiger partial charge on any atom is -0.455 e. The van der Waals surface area contributed by atoms with E-state index in [-0.39, 0.29) is 0 Å². The first-order valence-corrected chi connectivity index (χ1v) is 16.3. The summed E-state index contributed by atoms with van der Waals surface area (Å²) in [5.41, 5.74) is 7.11. The molecular weight excluding hydrogens is 587 g/mol. The molecular formula is C44H26N3O+. The van der Waals surface area contributed by atoms with E-state index in [2.05, 4.69) is 161 Å². The van der Waals surface area contributed by atoms with Gasteiger partial charge in [-0.3, -0.25) is 0 Å². The fraction of sp³-hybridized carbons (Fsp3) is 0. The number of nitrogens with zero attached hydrogens (tertiary/aromatic N) is 3. The van der Waals surface area contributed by atoms with E-state index in [1.807, 2.05) is 6.33 Å². The van der Waals surface area contributed by atoms with Gasteiger partial charge in [0.15, 0.2) is 11.2 Å². The number of aromatic nitrogens is 3. The zero-order chi connectivity index (χ0) is 31.3. The highest BCUT2D eigenvalue weighted by Crippen LogP contribution is 2.41. The van der Waals surface area contributed by atoms with Crippen molar-refractivity contribution in [3.05, 3.63) is 158 Å². The molecule has 0 aliphatic carbocycles. The van der Waals surface area contributed by atoms with E-state index >= 15 is 0 Å². The first-order valence-electron chi connectivity index (χ1n) is 16.3. The number of rotatable bonds is 2. The molecule has 0 radical (unpaired) electrons. The molecule has 0 saturated carbocycles. The van der Waals surface area contributed by atoms with Crippen LogP contribution in [0, 0.1) is 0 Å². The Labute approximate surface area is 274 Å². The zero-order valence-corrected chi connectivity index (χ0v) is 25.8. The van der Waals surface area contributed by atoms with Crippen molar-refractivity contribution in [2.24, 2.45) is 0 Å². The van der Waals surface area contributed by atoms with Gasteiger partial charge in [-0.05, 0) is 74.4 Å². The van der Waals surface area contributed by atoms with Gasteiger partial charge in [0, 0.05) is 32.5 Å². The molecule has 0 aliphatic rings. The molecule has 3 heterocycles. The maximum atomic E-state index is 6.55. The Hall–Kier alpha value is -6.52. The largest absolute Gasteiger partial charge is 0.455 e. The van der Waals surface area contributed by atoms with Crippen molar-refractivity contribution in [1.29, 1.82) is 0 Å². The van der Waals surface area contributed by atoms with Crippen molar-refractivity contribution in [2.75, 3.05) is 0 Å². The summed E-state index contributed by atoms with van der Waals surface area (Å²) in [6.07, 6.45) is 1.98. The molecule has 222 valence electrons. The molecule has 0 fully saturated rings. The molecule has 0 bridgehead atoms. The molecule has 3 aromatic heterocycles. The molecule has 0 N–H and O–H groups in total. The fourth-order valence-electron chi connectivity index (χ4n) is 8.00. The number of fused-ring (bicyclic) bond motifs is 13. The van der Waals surface area contributed by atoms with Crippen molar-refractivity contribution < 1.29 is 9.09 Å². The molecule has 0 unspecified atom stereocenters. The van der Waals surface area contributed by atoms with E-state index in [4.69, 9.17) is 9.40 Å². The van der Waals surface area contributed by atoms with Gasteiger partial charge in [-0.25, -0.2) is 0 Å². The number of hydrogen-bond donors (Lipinski definition) is 0. The predicted octanol–water partition coefficient (Wildman–Crippen LogP) is 11.0. The van der Waals surface area contributed by atoms with E-state index in [0.29, 0.717) is 0 Å². The Morgan fingerprint density at radius 2 is 1.04 bits per heavy atom. The second-order valence-corrected chi connectivity index (χ2v) is 12.6. The SMILES string of the molecule is c1ccc2c(c1)ccc1c2oc2cccc(-c3nc[n+](-n4c5ccc6ccccc6c5c5c6ccccc6ccc54)c4ccccc34)c21. The summed E-state index contributed by atoms with van der Waals surface area (Å²) in [5, 5.41) is 13.0. The molecule has 0 saturated heterocycles. The van der Waals surface area contributed by atoms with Gasteiger partial charge >= 0.3 is 6.33 Å². The Balaban J connectivity index is 1.24. The molecule has 0 atom stereocenters. The topological polar surface area (TPSA) is 34.8 Å². The van der Waals surface area contributed by atoms with E-state index < -0.39 is 0 Å². The van der Waals surface area contributed by atoms with E-state index in [1.54, 1.807) is 0 Å². The van der Waals surface area contributed by atoms with Gasteiger partial charge in [-0.2, -0.15) is 4.68 Å². The second kappa shape index (κ2) is 9.50. The van der Waals surface area contributed by atoms with Gasteiger partial charge in [0.25, 0.3) is 0 Å². The Bertz CT molecular complexity index is 3040. The lowest BCUT2D eigenvalue weighted by Gasteiger charge is -2.10. The summed E-state index contributed by atoms with van der Waals surface area (Å²) >= 11 is 0. The highest BCUT2D eigenvalue weighted by atomic mass is 16.3. The molecule has 0 spiro atoms. The first-order chi connectivity index (χ1) is 23.8. The summed E-state index contributed by atoms with van der Waals surface area (Å²) < 4.78 is 11.1. The highest BCUT2D eigenvalue weighted by molar-refractivity contribution is 6.28. The van der Waals surface area contributed by atoms with E-state index in [9.17, 15) is 0 Å². The van der Waals surface area contributed by atoms with Gasteiger partial charge in [0.2, 0.25) is 0 Å². The van der Waals surface area contributed by atoms with Crippen molar-refractivity contribution >= 4 is 87.0 Å². The Kier molecular flexibility index (Phi) is 5.08. The van der Waals surface area contributed by atoms with Gasteiger partial charge in [0.1, 0.15) is 11.2 Å². The summed E-state index contributed by atoms with van der Waals surface area (Å²) in [7, 11) is 0. The van der Waals surface area contributed by atoms with Crippen LogP contribution in [-0.2, 0) is 0 Å². The maximum Gasteiger partial charge on any atom is 0.311 e. The molecule has 48 heavy (non-hydrogen) atoms. The van der Waals surface area contributed by atoms with Crippen molar-refractivity contribution in [3.8, 4) is 11.3 Å². The maximum absolute atomic E-state index is 6.55. The fourth-order valence-corrected chi connectivity index (χ4v) is 8.00. The van der Waals surface area contributed by atoms with Crippen molar-refractivity contribution in [2.45, 2.75) is 0 Å². The van der Waals surface area contributed by atoms with E-state index in [1.165, 1.54) is 37.7 Å². The van der Waals surface area contributed by atoms with Crippen LogP contribution in [0.3, 0.4) is 0 Å². The van der Waals surface area contributed by atoms with Crippen molar-refractivity contribution in [3.63, 3.8) is 0 Å².